The van der Waals surface area contributed by atoms with E-state index in [0.29, 0.717) is 19.6 Å². The van der Waals surface area contributed by atoms with Gasteiger partial charge in [-0.15, -0.1) is 0 Å². The number of aliphatic hydroxyl groups excluding tert-OH is 1. The average Bonchev–Trinajstić information content (AvgIpc) is 2.27. The van der Waals surface area contributed by atoms with Gasteiger partial charge in [0.2, 0.25) is 0 Å². The Morgan fingerprint density at radius 2 is 2.00 bits per heavy atom. The molecule has 0 unspecified atom stereocenters. The first-order valence-electron chi connectivity index (χ1n) is 5.16. The molecule has 0 aliphatic rings. The highest BCUT2D eigenvalue weighted by atomic mass is 16.4. The number of carboxylic acids is 1. The number of pyridine rings is 1. The van der Waals surface area contributed by atoms with Crippen molar-refractivity contribution in [2.24, 2.45) is 0 Å². The lowest BCUT2D eigenvalue weighted by atomic mass is 10.2. The number of rotatable bonds is 7. The Morgan fingerprint density at radius 3 is 2.56 bits per heavy atom. The van der Waals surface area contributed by atoms with Gasteiger partial charge in [0.25, 0.3) is 0 Å². The number of nitrogens with zero attached hydrogens (tertiary/aromatic N) is 2. The highest BCUT2D eigenvalue weighted by Crippen LogP contribution is 2.03. The minimum atomic E-state index is -0.822. The van der Waals surface area contributed by atoms with Crippen molar-refractivity contribution in [2.75, 3.05) is 19.7 Å². The molecule has 0 aromatic carbocycles. The Bertz CT molecular complexity index is 316. The Balaban J connectivity index is 2.47. The molecule has 5 heteroatoms. The number of carbonyl (C=O) groups is 1. The van der Waals surface area contributed by atoms with E-state index in [2.05, 4.69) is 4.98 Å². The lowest BCUT2D eigenvalue weighted by molar-refractivity contribution is -0.137. The zero-order chi connectivity index (χ0) is 11.8. The third-order valence-corrected chi connectivity index (χ3v) is 2.21. The minimum Gasteiger partial charge on any atom is -0.481 e. The van der Waals surface area contributed by atoms with Crippen LogP contribution in [0.15, 0.2) is 24.5 Å². The van der Waals surface area contributed by atoms with E-state index < -0.39 is 5.97 Å². The van der Waals surface area contributed by atoms with E-state index in [0.717, 1.165) is 5.56 Å². The van der Waals surface area contributed by atoms with Crippen LogP contribution < -0.4 is 0 Å². The maximum absolute atomic E-state index is 10.5. The second-order valence-electron chi connectivity index (χ2n) is 3.50. The Kier molecular flexibility index (Phi) is 5.45. The Labute approximate surface area is 94.4 Å². The maximum atomic E-state index is 10.5. The number of aromatic nitrogens is 1. The lowest BCUT2D eigenvalue weighted by Crippen LogP contribution is -2.28. The van der Waals surface area contributed by atoms with Crippen LogP contribution in [0.2, 0.25) is 0 Å². The summed E-state index contributed by atoms with van der Waals surface area (Å²) in [6.07, 6.45) is 3.48. The average molecular weight is 224 g/mol. The van der Waals surface area contributed by atoms with Crippen LogP contribution in [0.5, 0.6) is 0 Å². The third kappa shape index (κ3) is 4.86. The van der Waals surface area contributed by atoms with Crippen molar-refractivity contribution in [2.45, 2.75) is 13.0 Å². The van der Waals surface area contributed by atoms with Crippen LogP contribution in [0.1, 0.15) is 12.0 Å². The fourth-order valence-electron chi connectivity index (χ4n) is 1.41. The highest BCUT2D eigenvalue weighted by molar-refractivity contribution is 5.66. The van der Waals surface area contributed by atoms with E-state index in [1.807, 2.05) is 17.0 Å². The zero-order valence-corrected chi connectivity index (χ0v) is 9.04. The van der Waals surface area contributed by atoms with Crippen LogP contribution in [-0.4, -0.2) is 45.8 Å². The number of aliphatic hydroxyl groups is 1. The molecule has 0 atom stereocenters. The normalized spacial score (nSPS) is 10.6. The van der Waals surface area contributed by atoms with Gasteiger partial charge in [-0.05, 0) is 17.7 Å². The molecule has 2 N–H and O–H groups in total. The molecule has 0 amide bonds. The maximum Gasteiger partial charge on any atom is 0.304 e. The van der Waals surface area contributed by atoms with Crippen molar-refractivity contribution < 1.29 is 15.0 Å². The molecule has 16 heavy (non-hydrogen) atoms. The first-order valence-corrected chi connectivity index (χ1v) is 5.16. The van der Waals surface area contributed by atoms with Gasteiger partial charge in [0.1, 0.15) is 0 Å². The molecule has 1 heterocycles. The first-order chi connectivity index (χ1) is 7.72. The molecular formula is C11H16N2O3. The molecule has 1 rings (SSSR count). The van der Waals surface area contributed by atoms with Crippen LogP contribution in [0.3, 0.4) is 0 Å². The van der Waals surface area contributed by atoms with Crippen molar-refractivity contribution in [1.82, 2.24) is 9.88 Å². The smallest absolute Gasteiger partial charge is 0.304 e. The topological polar surface area (TPSA) is 73.7 Å². The molecule has 0 bridgehead atoms. The van der Waals surface area contributed by atoms with Gasteiger partial charge in [-0.3, -0.25) is 14.7 Å². The fraction of sp³-hybridized carbons (Fsp3) is 0.455. The highest BCUT2D eigenvalue weighted by Gasteiger charge is 2.07. The zero-order valence-electron chi connectivity index (χ0n) is 9.04. The summed E-state index contributed by atoms with van der Waals surface area (Å²) in [6.45, 7) is 1.59. The van der Waals surface area contributed by atoms with E-state index in [1.165, 1.54) is 0 Å². The Morgan fingerprint density at radius 1 is 1.31 bits per heavy atom. The molecule has 0 aliphatic heterocycles. The van der Waals surface area contributed by atoms with E-state index in [9.17, 15) is 4.79 Å². The van der Waals surface area contributed by atoms with Crippen molar-refractivity contribution in [1.29, 1.82) is 0 Å². The second kappa shape index (κ2) is 6.92. The molecule has 1 aromatic rings. The monoisotopic (exact) mass is 224 g/mol. The molecule has 0 saturated heterocycles. The fourth-order valence-corrected chi connectivity index (χ4v) is 1.41. The van der Waals surface area contributed by atoms with Crippen LogP contribution in [-0.2, 0) is 11.3 Å². The predicted octanol–water partition coefficient (Wildman–Crippen LogP) is 0.351. The third-order valence-electron chi connectivity index (χ3n) is 2.21. The van der Waals surface area contributed by atoms with Crippen molar-refractivity contribution in [3.63, 3.8) is 0 Å². The summed E-state index contributed by atoms with van der Waals surface area (Å²) in [6, 6.07) is 3.76. The van der Waals surface area contributed by atoms with E-state index in [1.54, 1.807) is 12.4 Å². The van der Waals surface area contributed by atoms with E-state index in [-0.39, 0.29) is 13.0 Å². The molecule has 0 radical (unpaired) electrons. The standard InChI is InChI=1S/C11H16N2O3/c14-8-7-13(6-3-11(15)16)9-10-1-4-12-5-2-10/h1-2,4-5,14H,3,6-9H2,(H,15,16). The summed E-state index contributed by atoms with van der Waals surface area (Å²) in [5, 5.41) is 17.5. The second-order valence-corrected chi connectivity index (χ2v) is 3.50. The largest absolute Gasteiger partial charge is 0.481 e. The molecule has 5 nitrogen and oxygen atoms in total. The van der Waals surface area contributed by atoms with E-state index in [4.69, 9.17) is 10.2 Å². The van der Waals surface area contributed by atoms with Gasteiger partial charge in [-0.25, -0.2) is 0 Å². The molecule has 0 spiro atoms. The molecule has 1 aromatic heterocycles. The van der Waals surface area contributed by atoms with Crippen molar-refractivity contribution in [3.05, 3.63) is 30.1 Å². The van der Waals surface area contributed by atoms with Gasteiger partial charge in [-0.1, -0.05) is 0 Å². The lowest BCUT2D eigenvalue weighted by Gasteiger charge is -2.20. The minimum absolute atomic E-state index is 0.0324. The molecule has 0 saturated carbocycles. The summed E-state index contributed by atoms with van der Waals surface area (Å²) < 4.78 is 0. The van der Waals surface area contributed by atoms with Gasteiger partial charge in [0.15, 0.2) is 0 Å². The van der Waals surface area contributed by atoms with Crippen LogP contribution in [0.25, 0.3) is 0 Å². The summed E-state index contributed by atoms with van der Waals surface area (Å²) in [5.41, 5.74) is 1.06. The summed E-state index contributed by atoms with van der Waals surface area (Å²) in [5.74, 6) is -0.822. The van der Waals surface area contributed by atoms with Crippen LogP contribution in [0, 0.1) is 0 Å². The first kappa shape index (κ1) is 12.6. The molecule has 0 aliphatic carbocycles. The SMILES string of the molecule is O=C(O)CCN(CCO)Cc1ccncc1. The Hall–Kier alpha value is -1.46. The van der Waals surface area contributed by atoms with Gasteiger partial charge >= 0.3 is 5.97 Å². The van der Waals surface area contributed by atoms with Gasteiger partial charge in [-0.2, -0.15) is 0 Å². The number of hydrogen-bond donors (Lipinski definition) is 2. The van der Waals surface area contributed by atoms with Crippen LogP contribution >= 0.6 is 0 Å². The number of carboxylic acid groups (broad SMARTS) is 1. The predicted molar refractivity (Wildman–Crippen MR) is 58.9 cm³/mol. The molecule has 0 fully saturated rings. The quantitative estimate of drug-likeness (QED) is 0.699. The van der Waals surface area contributed by atoms with Crippen molar-refractivity contribution >= 4 is 5.97 Å². The van der Waals surface area contributed by atoms with Gasteiger partial charge < -0.3 is 10.2 Å². The number of aliphatic carboxylic acids is 1. The summed E-state index contributed by atoms with van der Waals surface area (Å²) in [7, 11) is 0. The number of hydrogen-bond acceptors (Lipinski definition) is 4. The molecule has 88 valence electrons. The van der Waals surface area contributed by atoms with Crippen molar-refractivity contribution in [3.8, 4) is 0 Å². The van der Waals surface area contributed by atoms with Gasteiger partial charge in [0.05, 0.1) is 13.0 Å². The van der Waals surface area contributed by atoms with E-state index >= 15 is 0 Å². The van der Waals surface area contributed by atoms with Gasteiger partial charge in [0, 0.05) is 32.0 Å². The van der Waals surface area contributed by atoms with Crippen LogP contribution in [0.4, 0.5) is 0 Å². The summed E-state index contributed by atoms with van der Waals surface area (Å²) in [4.78, 5) is 16.3. The summed E-state index contributed by atoms with van der Waals surface area (Å²) >= 11 is 0. The molecular weight excluding hydrogens is 208 g/mol.